The van der Waals surface area contributed by atoms with Gasteiger partial charge in [0.25, 0.3) is 0 Å². The smallest absolute Gasteiger partial charge is 0.174 e. The summed E-state index contributed by atoms with van der Waals surface area (Å²) in [6.45, 7) is 5.24. The first kappa shape index (κ1) is 16.4. The third-order valence-corrected chi connectivity index (χ3v) is 5.77. The van der Waals surface area contributed by atoms with Crippen molar-refractivity contribution in [2.24, 2.45) is 5.92 Å². The van der Waals surface area contributed by atoms with E-state index in [4.69, 9.17) is 0 Å². The SMILES string of the molecule is C[C@H]1CCCN([C@@H](c2cccs2)c2nnnn2Cc2ccccc2)C1. The summed E-state index contributed by atoms with van der Waals surface area (Å²) in [5.74, 6) is 1.66. The van der Waals surface area contributed by atoms with Gasteiger partial charge in [-0.15, -0.1) is 16.4 Å². The quantitative estimate of drug-likeness (QED) is 0.703. The maximum absolute atomic E-state index is 4.44. The minimum absolute atomic E-state index is 0.140. The number of hydrogen-bond donors (Lipinski definition) is 0. The number of piperidine rings is 1. The van der Waals surface area contributed by atoms with Crippen molar-refractivity contribution in [3.8, 4) is 0 Å². The van der Waals surface area contributed by atoms with Crippen molar-refractivity contribution in [2.75, 3.05) is 13.1 Å². The standard InChI is InChI=1S/C19H23N5S/c1-15-7-5-11-23(13-15)18(17-10-6-12-25-17)19-20-21-22-24(19)14-16-8-3-2-4-9-16/h2-4,6,8-10,12,15,18H,5,7,11,13-14H2,1H3/t15-,18-/m0/s1. The lowest BCUT2D eigenvalue weighted by Gasteiger charge is -2.36. The van der Waals surface area contributed by atoms with Crippen LogP contribution in [0.4, 0.5) is 0 Å². The molecule has 1 aromatic carbocycles. The average molecular weight is 353 g/mol. The summed E-state index contributed by atoms with van der Waals surface area (Å²) in [7, 11) is 0. The van der Waals surface area contributed by atoms with Crippen LogP contribution in [0.25, 0.3) is 0 Å². The highest BCUT2D eigenvalue weighted by Gasteiger charge is 2.31. The number of likely N-dealkylation sites (tertiary alicyclic amines) is 1. The Morgan fingerprint density at radius 1 is 1.20 bits per heavy atom. The zero-order valence-electron chi connectivity index (χ0n) is 14.5. The molecular weight excluding hydrogens is 330 g/mol. The molecule has 1 saturated heterocycles. The molecule has 1 aliphatic rings. The summed E-state index contributed by atoms with van der Waals surface area (Å²) in [6.07, 6.45) is 2.55. The Morgan fingerprint density at radius 3 is 2.84 bits per heavy atom. The molecule has 0 radical (unpaired) electrons. The second-order valence-electron chi connectivity index (χ2n) is 6.84. The molecule has 0 unspecified atom stereocenters. The fourth-order valence-corrected chi connectivity index (χ4v) is 4.51. The molecule has 0 N–H and O–H groups in total. The van der Waals surface area contributed by atoms with Gasteiger partial charge >= 0.3 is 0 Å². The molecule has 4 rings (SSSR count). The van der Waals surface area contributed by atoms with Crippen LogP contribution in [-0.4, -0.2) is 38.2 Å². The molecule has 0 bridgehead atoms. The first-order valence-corrected chi connectivity index (χ1v) is 9.76. The molecule has 25 heavy (non-hydrogen) atoms. The zero-order chi connectivity index (χ0) is 17.1. The minimum atomic E-state index is 0.140. The maximum Gasteiger partial charge on any atom is 0.174 e. The van der Waals surface area contributed by atoms with Crippen LogP contribution in [0.5, 0.6) is 0 Å². The van der Waals surface area contributed by atoms with Crippen molar-refractivity contribution in [1.82, 2.24) is 25.1 Å². The summed E-state index contributed by atoms with van der Waals surface area (Å²) in [5, 5.41) is 14.9. The van der Waals surface area contributed by atoms with Crippen LogP contribution in [0.15, 0.2) is 47.8 Å². The largest absolute Gasteiger partial charge is 0.289 e. The molecule has 3 aromatic rings. The van der Waals surface area contributed by atoms with Gasteiger partial charge in [-0.3, -0.25) is 4.90 Å². The fraction of sp³-hybridized carbons (Fsp3) is 0.421. The Bertz CT molecular complexity index is 783. The van der Waals surface area contributed by atoms with Gasteiger partial charge in [0.05, 0.1) is 6.54 Å². The Labute approximate surface area is 152 Å². The Hall–Kier alpha value is -2.05. The molecule has 3 heterocycles. The van der Waals surface area contributed by atoms with E-state index in [-0.39, 0.29) is 6.04 Å². The highest BCUT2D eigenvalue weighted by molar-refractivity contribution is 7.10. The van der Waals surface area contributed by atoms with Gasteiger partial charge in [-0.05, 0) is 52.7 Å². The minimum Gasteiger partial charge on any atom is -0.289 e. The van der Waals surface area contributed by atoms with Crippen LogP contribution in [0.3, 0.4) is 0 Å². The van der Waals surface area contributed by atoms with Crippen molar-refractivity contribution in [3.05, 3.63) is 64.1 Å². The third-order valence-electron chi connectivity index (χ3n) is 4.85. The van der Waals surface area contributed by atoms with Gasteiger partial charge in [0, 0.05) is 11.4 Å². The molecule has 5 nitrogen and oxygen atoms in total. The number of nitrogens with zero attached hydrogens (tertiary/aromatic N) is 5. The van der Waals surface area contributed by atoms with Gasteiger partial charge in [-0.25, -0.2) is 4.68 Å². The van der Waals surface area contributed by atoms with E-state index in [1.54, 1.807) is 11.3 Å². The highest BCUT2D eigenvalue weighted by Crippen LogP contribution is 2.33. The number of rotatable bonds is 5. The van der Waals surface area contributed by atoms with Crippen molar-refractivity contribution in [2.45, 2.75) is 32.4 Å². The average Bonchev–Trinajstić information content (AvgIpc) is 3.30. The van der Waals surface area contributed by atoms with Crippen molar-refractivity contribution in [1.29, 1.82) is 0 Å². The van der Waals surface area contributed by atoms with Crippen LogP contribution < -0.4 is 0 Å². The predicted octanol–water partition coefficient (Wildman–Crippen LogP) is 3.60. The van der Waals surface area contributed by atoms with Gasteiger partial charge in [0.1, 0.15) is 6.04 Å². The molecule has 2 atom stereocenters. The second-order valence-corrected chi connectivity index (χ2v) is 7.82. The van der Waals surface area contributed by atoms with Gasteiger partial charge in [0.2, 0.25) is 0 Å². The van der Waals surface area contributed by atoms with Gasteiger partial charge in [-0.2, -0.15) is 0 Å². The number of hydrogen-bond acceptors (Lipinski definition) is 5. The molecule has 1 fully saturated rings. The van der Waals surface area contributed by atoms with Gasteiger partial charge in [-0.1, -0.05) is 43.3 Å². The number of thiophene rings is 1. The highest BCUT2D eigenvalue weighted by atomic mass is 32.1. The Morgan fingerprint density at radius 2 is 2.08 bits per heavy atom. The molecular formula is C19H23N5S. The van der Waals surface area contributed by atoms with Crippen molar-refractivity contribution >= 4 is 11.3 Å². The zero-order valence-corrected chi connectivity index (χ0v) is 15.3. The van der Waals surface area contributed by atoms with E-state index in [2.05, 4.69) is 69.1 Å². The summed E-state index contributed by atoms with van der Waals surface area (Å²) in [6, 6.07) is 14.9. The predicted molar refractivity (Wildman–Crippen MR) is 99.5 cm³/mol. The normalized spacial score (nSPS) is 19.8. The van der Waals surface area contributed by atoms with E-state index in [0.29, 0.717) is 6.54 Å². The lowest BCUT2D eigenvalue weighted by Crippen LogP contribution is -2.38. The van der Waals surface area contributed by atoms with E-state index >= 15 is 0 Å². The summed E-state index contributed by atoms with van der Waals surface area (Å²) in [4.78, 5) is 3.87. The van der Waals surface area contributed by atoms with Crippen LogP contribution in [0.1, 0.15) is 42.1 Å². The van der Waals surface area contributed by atoms with Gasteiger partial charge < -0.3 is 0 Å². The first-order chi connectivity index (χ1) is 12.3. The van der Waals surface area contributed by atoms with E-state index in [1.807, 2.05) is 10.7 Å². The molecule has 0 saturated carbocycles. The van der Waals surface area contributed by atoms with Crippen LogP contribution in [0, 0.1) is 5.92 Å². The Balaban J connectivity index is 1.67. The molecule has 6 heteroatoms. The number of tetrazole rings is 1. The molecule has 0 amide bonds. The lowest BCUT2D eigenvalue weighted by atomic mass is 9.98. The van der Waals surface area contributed by atoms with Crippen LogP contribution in [0.2, 0.25) is 0 Å². The summed E-state index contributed by atoms with van der Waals surface area (Å²) < 4.78 is 1.96. The monoisotopic (exact) mass is 353 g/mol. The van der Waals surface area contributed by atoms with Crippen LogP contribution >= 0.6 is 11.3 Å². The Kier molecular flexibility index (Phi) is 4.90. The van der Waals surface area contributed by atoms with Crippen LogP contribution in [-0.2, 0) is 6.54 Å². The van der Waals surface area contributed by atoms with Crippen molar-refractivity contribution in [3.63, 3.8) is 0 Å². The molecule has 0 spiro atoms. The van der Waals surface area contributed by atoms with Gasteiger partial charge in [0.15, 0.2) is 5.82 Å². The fourth-order valence-electron chi connectivity index (χ4n) is 3.65. The maximum atomic E-state index is 4.44. The number of benzene rings is 1. The lowest BCUT2D eigenvalue weighted by molar-refractivity contribution is 0.144. The molecule has 0 aliphatic carbocycles. The summed E-state index contributed by atoms with van der Waals surface area (Å²) in [5.41, 5.74) is 1.22. The summed E-state index contributed by atoms with van der Waals surface area (Å²) >= 11 is 1.79. The van der Waals surface area contributed by atoms with E-state index < -0.39 is 0 Å². The second kappa shape index (κ2) is 7.45. The molecule has 1 aliphatic heterocycles. The first-order valence-electron chi connectivity index (χ1n) is 8.88. The van der Waals surface area contributed by atoms with E-state index in [0.717, 1.165) is 24.8 Å². The van der Waals surface area contributed by atoms with Crippen molar-refractivity contribution < 1.29 is 0 Å². The molecule has 130 valence electrons. The number of aromatic nitrogens is 4. The third kappa shape index (κ3) is 3.65. The van der Waals surface area contributed by atoms with E-state index in [1.165, 1.54) is 23.3 Å². The molecule has 2 aromatic heterocycles. The van der Waals surface area contributed by atoms with E-state index in [9.17, 15) is 0 Å². The topological polar surface area (TPSA) is 46.8 Å².